The molecule has 0 aliphatic rings. The van der Waals surface area contributed by atoms with Crippen LogP contribution in [0.4, 0.5) is 0 Å². The molecule has 0 radical (unpaired) electrons. The Hall–Kier alpha value is -2.48. The third-order valence-corrected chi connectivity index (χ3v) is 4.05. The maximum Gasteiger partial charge on any atom is 0.251 e. The molecule has 0 bridgehead atoms. The Balaban J connectivity index is 2.27. The predicted molar refractivity (Wildman–Crippen MR) is 80.3 cm³/mol. The summed E-state index contributed by atoms with van der Waals surface area (Å²) in [5.74, 6) is -0.337. The van der Waals surface area contributed by atoms with Crippen LogP contribution >= 0.6 is 0 Å². The molecule has 22 heavy (non-hydrogen) atoms. The van der Waals surface area contributed by atoms with E-state index in [1.807, 2.05) is 0 Å². The Labute approximate surface area is 127 Å². The lowest BCUT2D eigenvalue weighted by molar-refractivity contribution is 0.0939. The molecule has 2 heterocycles. The molecule has 0 spiro atoms. The van der Waals surface area contributed by atoms with Gasteiger partial charge in [-0.25, -0.2) is 8.42 Å². The molecule has 0 saturated heterocycles. The van der Waals surface area contributed by atoms with Crippen LogP contribution in [0.2, 0.25) is 0 Å². The molecule has 2 rings (SSSR count). The second kappa shape index (κ2) is 6.10. The van der Waals surface area contributed by atoms with Crippen molar-refractivity contribution in [2.45, 2.75) is 18.0 Å². The van der Waals surface area contributed by atoms with E-state index >= 15 is 0 Å². The van der Waals surface area contributed by atoms with E-state index in [9.17, 15) is 18.0 Å². The van der Waals surface area contributed by atoms with Gasteiger partial charge in [0.05, 0.1) is 6.04 Å². The summed E-state index contributed by atoms with van der Waals surface area (Å²) in [7, 11) is -3.54. The number of aromatic amines is 1. The van der Waals surface area contributed by atoms with Crippen LogP contribution in [0.1, 0.15) is 28.9 Å². The number of rotatable bonds is 4. The first kappa shape index (κ1) is 15.9. The summed E-state index contributed by atoms with van der Waals surface area (Å²) < 4.78 is 23.1. The Morgan fingerprint density at radius 2 is 1.91 bits per heavy atom. The fourth-order valence-corrected chi connectivity index (χ4v) is 2.49. The number of carbonyl (C=O) groups is 1. The van der Waals surface area contributed by atoms with E-state index in [-0.39, 0.29) is 10.9 Å². The standard InChI is InChI=1S/C14H15N3O4S/c1-9(16-14(19)10-3-5-15-6-4-10)11-7-12(18)17-13(8-11)22(2,20)21/h3-9H,1-2H3,(H,16,19)(H,17,18)/t9-/m0/s1. The van der Waals surface area contributed by atoms with Gasteiger partial charge in [-0.3, -0.25) is 14.6 Å². The molecule has 0 saturated carbocycles. The van der Waals surface area contributed by atoms with E-state index in [1.165, 1.54) is 24.5 Å². The molecule has 7 nitrogen and oxygen atoms in total. The molecular weight excluding hydrogens is 306 g/mol. The quantitative estimate of drug-likeness (QED) is 0.860. The first-order valence-corrected chi connectivity index (χ1v) is 8.32. The van der Waals surface area contributed by atoms with Crippen LogP contribution in [0.25, 0.3) is 0 Å². The predicted octanol–water partition coefficient (Wildman–Crippen LogP) is 0.664. The minimum atomic E-state index is -3.54. The smallest absolute Gasteiger partial charge is 0.251 e. The molecule has 2 aromatic rings. The molecule has 2 N–H and O–H groups in total. The molecule has 0 fully saturated rings. The van der Waals surface area contributed by atoms with E-state index in [0.717, 1.165) is 6.26 Å². The van der Waals surface area contributed by atoms with Crippen LogP contribution in [-0.4, -0.2) is 30.5 Å². The average Bonchev–Trinajstić information content (AvgIpc) is 2.46. The van der Waals surface area contributed by atoms with E-state index < -0.39 is 21.4 Å². The van der Waals surface area contributed by atoms with Crippen molar-refractivity contribution in [3.05, 3.63) is 58.1 Å². The van der Waals surface area contributed by atoms with E-state index in [2.05, 4.69) is 15.3 Å². The number of carbonyl (C=O) groups excluding carboxylic acids is 1. The SMILES string of the molecule is C[C@H](NC(=O)c1ccncc1)c1cc(S(C)(=O)=O)[nH]c(=O)c1. The maximum atomic E-state index is 12.1. The highest BCUT2D eigenvalue weighted by Crippen LogP contribution is 2.14. The highest BCUT2D eigenvalue weighted by atomic mass is 32.2. The topological polar surface area (TPSA) is 109 Å². The van der Waals surface area contributed by atoms with Gasteiger partial charge < -0.3 is 10.3 Å². The van der Waals surface area contributed by atoms with Gasteiger partial charge in [0.2, 0.25) is 5.56 Å². The Morgan fingerprint density at radius 3 is 2.50 bits per heavy atom. The lowest BCUT2D eigenvalue weighted by atomic mass is 10.1. The third-order valence-electron chi connectivity index (χ3n) is 3.03. The van der Waals surface area contributed by atoms with Crippen molar-refractivity contribution in [2.24, 2.45) is 0 Å². The van der Waals surface area contributed by atoms with Crippen LogP contribution in [0.5, 0.6) is 0 Å². The van der Waals surface area contributed by atoms with Gasteiger partial charge in [0.15, 0.2) is 9.84 Å². The summed E-state index contributed by atoms with van der Waals surface area (Å²) in [6.45, 7) is 1.67. The second-order valence-corrected chi connectivity index (χ2v) is 6.83. The first-order chi connectivity index (χ1) is 10.3. The summed E-state index contributed by atoms with van der Waals surface area (Å²) in [6, 6.07) is 5.19. The fraction of sp³-hybridized carbons (Fsp3) is 0.214. The number of H-pyrrole nitrogens is 1. The van der Waals surface area contributed by atoms with Crippen LogP contribution in [0.15, 0.2) is 46.5 Å². The summed E-state index contributed by atoms with van der Waals surface area (Å²) in [4.78, 5) is 29.7. The molecule has 0 aliphatic heterocycles. The van der Waals surface area contributed by atoms with Gasteiger partial charge in [-0.2, -0.15) is 0 Å². The molecular formula is C14H15N3O4S. The second-order valence-electron chi connectivity index (χ2n) is 4.85. The van der Waals surface area contributed by atoms with E-state index in [4.69, 9.17) is 0 Å². The van der Waals surface area contributed by atoms with E-state index in [1.54, 1.807) is 19.1 Å². The van der Waals surface area contributed by atoms with Gasteiger partial charge in [0, 0.05) is 30.3 Å². The molecule has 1 amide bonds. The lowest BCUT2D eigenvalue weighted by Crippen LogP contribution is -2.28. The Bertz CT molecular complexity index is 844. The fourth-order valence-electron chi connectivity index (χ4n) is 1.85. The van der Waals surface area contributed by atoms with Gasteiger partial charge >= 0.3 is 0 Å². The summed E-state index contributed by atoms with van der Waals surface area (Å²) in [5, 5.41) is 2.52. The van der Waals surface area contributed by atoms with Gasteiger partial charge in [0.25, 0.3) is 5.91 Å². The minimum Gasteiger partial charge on any atom is -0.346 e. The molecule has 116 valence electrons. The van der Waals surface area contributed by atoms with Crippen LogP contribution < -0.4 is 10.9 Å². The van der Waals surface area contributed by atoms with Gasteiger partial charge in [-0.05, 0) is 30.7 Å². The minimum absolute atomic E-state index is 0.181. The van der Waals surface area contributed by atoms with Gasteiger partial charge in [-0.15, -0.1) is 0 Å². The monoisotopic (exact) mass is 321 g/mol. The zero-order chi connectivity index (χ0) is 16.3. The number of pyridine rings is 2. The molecule has 0 unspecified atom stereocenters. The lowest BCUT2D eigenvalue weighted by Gasteiger charge is -2.14. The first-order valence-electron chi connectivity index (χ1n) is 6.42. The summed E-state index contributed by atoms with van der Waals surface area (Å²) in [5.41, 5.74) is 0.296. The summed E-state index contributed by atoms with van der Waals surface area (Å²) in [6.07, 6.45) is 3.99. The number of sulfone groups is 1. The average molecular weight is 321 g/mol. The third kappa shape index (κ3) is 3.79. The van der Waals surface area contributed by atoms with Crippen LogP contribution in [0.3, 0.4) is 0 Å². The number of nitrogens with one attached hydrogen (secondary N) is 2. The number of hydrogen-bond donors (Lipinski definition) is 2. The molecule has 2 aromatic heterocycles. The Morgan fingerprint density at radius 1 is 1.27 bits per heavy atom. The molecule has 0 aromatic carbocycles. The van der Waals surface area contributed by atoms with Crippen molar-refractivity contribution in [3.8, 4) is 0 Å². The molecule has 0 aliphatic carbocycles. The normalized spacial score (nSPS) is 12.6. The van der Waals surface area contributed by atoms with Crippen LogP contribution in [-0.2, 0) is 9.84 Å². The number of aromatic nitrogens is 2. The van der Waals surface area contributed by atoms with Crippen molar-refractivity contribution in [2.75, 3.05) is 6.26 Å². The highest BCUT2D eigenvalue weighted by molar-refractivity contribution is 7.90. The number of hydrogen-bond acceptors (Lipinski definition) is 5. The summed E-state index contributed by atoms with van der Waals surface area (Å²) >= 11 is 0. The van der Waals surface area contributed by atoms with Crippen molar-refractivity contribution in [3.63, 3.8) is 0 Å². The number of nitrogens with zero attached hydrogens (tertiary/aromatic N) is 1. The zero-order valence-corrected chi connectivity index (χ0v) is 12.8. The van der Waals surface area contributed by atoms with Crippen LogP contribution in [0, 0.1) is 0 Å². The molecule has 8 heteroatoms. The van der Waals surface area contributed by atoms with E-state index in [0.29, 0.717) is 11.1 Å². The largest absolute Gasteiger partial charge is 0.346 e. The Kier molecular flexibility index (Phi) is 4.41. The van der Waals surface area contributed by atoms with Crippen molar-refractivity contribution < 1.29 is 13.2 Å². The van der Waals surface area contributed by atoms with Crippen molar-refractivity contribution in [1.82, 2.24) is 15.3 Å². The molecule has 1 atom stereocenters. The maximum absolute atomic E-state index is 12.1. The van der Waals surface area contributed by atoms with Crippen molar-refractivity contribution >= 4 is 15.7 Å². The number of amides is 1. The highest BCUT2D eigenvalue weighted by Gasteiger charge is 2.15. The van der Waals surface area contributed by atoms with Crippen molar-refractivity contribution in [1.29, 1.82) is 0 Å². The van der Waals surface area contributed by atoms with Gasteiger partial charge in [-0.1, -0.05) is 0 Å². The van der Waals surface area contributed by atoms with Gasteiger partial charge in [0.1, 0.15) is 5.03 Å². The zero-order valence-electron chi connectivity index (χ0n) is 12.0.